The number of nitrogens with zero attached hydrogens (tertiary/aromatic N) is 1. The van der Waals surface area contributed by atoms with Gasteiger partial charge in [-0.3, -0.25) is 4.90 Å². The quantitative estimate of drug-likeness (QED) is 0.843. The Kier molecular flexibility index (Phi) is 5.30. The third-order valence-electron chi connectivity index (χ3n) is 5.66. The molecule has 2 nitrogen and oxygen atoms in total. The van der Waals surface area contributed by atoms with Gasteiger partial charge in [-0.1, -0.05) is 33.6 Å². The maximum absolute atomic E-state index is 10.5. The van der Waals surface area contributed by atoms with Crippen molar-refractivity contribution in [2.45, 2.75) is 84.4 Å². The second-order valence-electron chi connectivity index (χ2n) is 7.36. The summed E-state index contributed by atoms with van der Waals surface area (Å²) in [4.78, 5) is 2.64. The number of aliphatic hydroxyl groups is 1. The van der Waals surface area contributed by atoms with Gasteiger partial charge in [-0.25, -0.2) is 0 Å². The van der Waals surface area contributed by atoms with Gasteiger partial charge in [0, 0.05) is 18.6 Å². The highest BCUT2D eigenvalue weighted by Crippen LogP contribution is 2.36. The molecule has 0 aromatic rings. The molecule has 6 unspecified atom stereocenters. The molecule has 1 saturated heterocycles. The smallest absolute Gasteiger partial charge is 0.0695 e. The van der Waals surface area contributed by atoms with Crippen molar-refractivity contribution >= 4 is 0 Å². The summed E-state index contributed by atoms with van der Waals surface area (Å²) in [5, 5.41) is 10.5. The van der Waals surface area contributed by atoms with Crippen LogP contribution in [0.5, 0.6) is 0 Å². The largest absolute Gasteiger partial charge is 0.391 e. The predicted octanol–water partition coefficient (Wildman–Crippen LogP) is 3.68. The summed E-state index contributed by atoms with van der Waals surface area (Å²) >= 11 is 0. The van der Waals surface area contributed by atoms with Gasteiger partial charge in [0.25, 0.3) is 0 Å². The lowest BCUT2D eigenvalue weighted by Gasteiger charge is -2.49. The van der Waals surface area contributed by atoms with E-state index in [1.807, 2.05) is 0 Å². The van der Waals surface area contributed by atoms with Gasteiger partial charge in [-0.15, -0.1) is 0 Å². The van der Waals surface area contributed by atoms with Crippen LogP contribution in [-0.4, -0.2) is 34.7 Å². The summed E-state index contributed by atoms with van der Waals surface area (Å²) in [6.07, 6.45) is 7.36. The van der Waals surface area contributed by atoms with Gasteiger partial charge in [-0.05, 0) is 50.4 Å². The highest BCUT2D eigenvalue weighted by Gasteiger charge is 2.39. The van der Waals surface area contributed by atoms with Crippen LogP contribution in [0.2, 0.25) is 0 Å². The molecule has 112 valence electrons. The molecule has 1 N–H and O–H groups in total. The molecule has 6 atom stereocenters. The van der Waals surface area contributed by atoms with Crippen LogP contribution < -0.4 is 0 Å². The molecule has 0 amide bonds. The molecule has 0 bridgehead atoms. The molecule has 0 aromatic heterocycles. The van der Waals surface area contributed by atoms with E-state index in [4.69, 9.17) is 0 Å². The lowest BCUT2D eigenvalue weighted by molar-refractivity contribution is -0.0490. The Hall–Kier alpha value is -0.0800. The molecule has 0 aromatic carbocycles. The van der Waals surface area contributed by atoms with Crippen molar-refractivity contribution in [2.75, 3.05) is 6.54 Å². The number of aliphatic hydroxyl groups excluding tert-OH is 1. The van der Waals surface area contributed by atoms with Gasteiger partial charge in [0.15, 0.2) is 0 Å². The second-order valence-corrected chi connectivity index (χ2v) is 7.36. The Labute approximate surface area is 119 Å². The van der Waals surface area contributed by atoms with Gasteiger partial charge in [0.05, 0.1) is 6.10 Å². The second kappa shape index (κ2) is 6.58. The van der Waals surface area contributed by atoms with E-state index in [0.717, 1.165) is 24.2 Å². The monoisotopic (exact) mass is 267 g/mol. The van der Waals surface area contributed by atoms with Crippen LogP contribution in [-0.2, 0) is 0 Å². The van der Waals surface area contributed by atoms with Crippen molar-refractivity contribution < 1.29 is 5.11 Å². The molecule has 0 radical (unpaired) electrons. The van der Waals surface area contributed by atoms with Gasteiger partial charge >= 0.3 is 0 Å². The summed E-state index contributed by atoms with van der Waals surface area (Å²) in [5.41, 5.74) is 0. The number of likely N-dealkylation sites (tertiary alicyclic amines) is 1. The normalized spacial score (nSPS) is 45.3. The van der Waals surface area contributed by atoms with Crippen LogP contribution in [0.1, 0.15) is 66.2 Å². The van der Waals surface area contributed by atoms with Crippen molar-refractivity contribution in [1.82, 2.24) is 4.90 Å². The maximum Gasteiger partial charge on any atom is 0.0695 e. The number of rotatable bonds is 3. The molecule has 1 aliphatic heterocycles. The Morgan fingerprint density at radius 1 is 1.11 bits per heavy atom. The fraction of sp³-hybridized carbons (Fsp3) is 1.00. The maximum atomic E-state index is 10.5. The zero-order chi connectivity index (χ0) is 14.0. The Bertz CT molecular complexity index is 280. The lowest BCUT2D eigenvalue weighted by atomic mass is 9.77. The summed E-state index contributed by atoms with van der Waals surface area (Å²) in [6.45, 7) is 10.6. The van der Waals surface area contributed by atoms with E-state index in [9.17, 15) is 5.11 Å². The van der Waals surface area contributed by atoms with Gasteiger partial charge in [0.1, 0.15) is 0 Å². The van der Waals surface area contributed by atoms with E-state index in [-0.39, 0.29) is 6.10 Å². The fourth-order valence-electron chi connectivity index (χ4n) is 4.44. The van der Waals surface area contributed by atoms with E-state index in [1.165, 1.54) is 38.6 Å². The van der Waals surface area contributed by atoms with E-state index in [1.54, 1.807) is 0 Å². The summed E-state index contributed by atoms with van der Waals surface area (Å²) < 4.78 is 0. The first-order valence-electron chi connectivity index (χ1n) is 8.46. The SMILES string of the molecule is CCCC1CCC(O)C(N2CC(C)CC(C)C2C)C1. The van der Waals surface area contributed by atoms with Crippen LogP contribution >= 0.6 is 0 Å². The third kappa shape index (κ3) is 3.52. The minimum Gasteiger partial charge on any atom is -0.391 e. The van der Waals surface area contributed by atoms with Crippen molar-refractivity contribution in [3.63, 3.8) is 0 Å². The number of hydrogen-bond acceptors (Lipinski definition) is 2. The highest BCUT2D eigenvalue weighted by atomic mass is 16.3. The van der Waals surface area contributed by atoms with Crippen LogP contribution in [0.3, 0.4) is 0 Å². The first-order valence-corrected chi connectivity index (χ1v) is 8.46. The first kappa shape index (κ1) is 15.3. The Morgan fingerprint density at radius 3 is 2.53 bits per heavy atom. The molecule has 19 heavy (non-hydrogen) atoms. The molecule has 2 aliphatic rings. The topological polar surface area (TPSA) is 23.5 Å². The molecule has 1 aliphatic carbocycles. The molecule has 2 heteroatoms. The van der Waals surface area contributed by atoms with E-state index < -0.39 is 0 Å². The van der Waals surface area contributed by atoms with Crippen molar-refractivity contribution in [3.05, 3.63) is 0 Å². The standard InChI is InChI=1S/C17H33NO/c1-5-6-15-7-8-17(19)16(10-15)18-11-12(2)9-13(3)14(18)4/h12-17,19H,5-11H2,1-4H3. The third-order valence-corrected chi connectivity index (χ3v) is 5.66. The van der Waals surface area contributed by atoms with Crippen molar-refractivity contribution in [2.24, 2.45) is 17.8 Å². The van der Waals surface area contributed by atoms with Crippen LogP contribution in [0.4, 0.5) is 0 Å². The average molecular weight is 267 g/mol. The molecular formula is C17H33NO. The zero-order valence-electron chi connectivity index (χ0n) is 13.3. The zero-order valence-corrected chi connectivity index (χ0v) is 13.3. The Balaban J connectivity index is 2.04. The summed E-state index contributed by atoms with van der Waals surface area (Å²) in [6, 6.07) is 1.06. The molecular weight excluding hydrogens is 234 g/mol. The fourth-order valence-corrected chi connectivity index (χ4v) is 4.44. The van der Waals surface area contributed by atoms with Gasteiger partial charge < -0.3 is 5.11 Å². The van der Waals surface area contributed by atoms with Crippen LogP contribution in [0.25, 0.3) is 0 Å². The van der Waals surface area contributed by atoms with Crippen molar-refractivity contribution in [1.29, 1.82) is 0 Å². The summed E-state index contributed by atoms with van der Waals surface area (Å²) in [7, 11) is 0. The van der Waals surface area contributed by atoms with Gasteiger partial charge in [-0.2, -0.15) is 0 Å². The predicted molar refractivity (Wildman–Crippen MR) is 81.2 cm³/mol. The molecule has 2 rings (SSSR count). The minimum atomic E-state index is -0.0898. The average Bonchev–Trinajstić information content (AvgIpc) is 2.36. The first-order chi connectivity index (χ1) is 9.02. The molecule has 2 fully saturated rings. The van der Waals surface area contributed by atoms with E-state index in [2.05, 4.69) is 32.6 Å². The van der Waals surface area contributed by atoms with E-state index >= 15 is 0 Å². The van der Waals surface area contributed by atoms with Crippen LogP contribution in [0.15, 0.2) is 0 Å². The highest BCUT2D eigenvalue weighted by molar-refractivity contribution is 4.93. The number of hydrogen-bond donors (Lipinski definition) is 1. The molecule has 1 heterocycles. The van der Waals surface area contributed by atoms with Crippen molar-refractivity contribution in [3.8, 4) is 0 Å². The van der Waals surface area contributed by atoms with Crippen LogP contribution in [0, 0.1) is 17.8 Å². The lowest BCUT2D eigenvalue weighted by Crippen LogP contribution is -2.56. The van der Waals surface area contributed by atoms with E-state index in [0.29, 0.717) is 12.1 Å². The number of piperidine rings is 1. The summed E-state index contributed by atoms with van der Waals surface area (Å²) in [5.74, 6) is 2.39. The molecule has 1 saturated carbocycles. The minimum absolute atomic E-state index is 0.0898. The Morgan fingerprint density at radius 2 is 1.84 bits per heavy atom. The van der Waals surface area contributed by atoms with Gasteiger partial charge in [0.2, 0.25) is 0 Å². The molecule has 0 spiro atoms.